The number of hydrogen-bond donors (Lipinski definition) is 2. The molecule has 0 unspecified atom stereocenters. The van der Waals surface area contributed by atoms with E-state index in [0.29, 0.717) is 25.4 Å². The highest BCUT2D eigenvalue weighted by Gasteiger charge is 2.07. The lowest BCUT2D eigenvalue weighted by Gasteiger charge is -2.12. The van der Waals surface area contributed by atoms with Crippen LogP contribution in [-0.2, 0) is 16.1 Å². The van der Waals surface area contributed by atoms with Gasteiger partial charge in [-0.1, -0.05) is 15.9 Å². The molecule has 1 aromatic carbocycles. The van der Waals surface area contributed by atoms with E-state index in [4.69, 9.17) is 9.47 Å². The molecule has 0 aliphatic heterocycles. The van der Waals surface area contributed by atoms with Crippen LogP contribution in [0.25, 0.3) is 0 Å². The fourth-order valence-electron chi connectivity index (χ4n) is 1.50. The van der Waals surface area contributed by atoms with E-state index in [2.05, 4.69) is 26.6 Å². The summed E-state index contributed by atoms with van der Waals surface area (Å²) < 4.78 is 11.4. The zero-order chi connectivity index (χ0) is 14.1. The first-order valence-electron chi connectivity index (χ1n) is 5.99. The standard InChI is InChI=1S/C13H19BrN2O3/c1-15-8-10-7-11(14)3-4-12(10)19-9-13(17)16-5-6-18-2/h3-4,7,15H,5-6,8-9H2,1-2H3,(H,16,17). The number of hydrogen-bond acceptors (Lipinski definition) is 4. The molecule has 2 N–H and O–H groups in total. The topological polar surface area (TPSA) is 59.6 Å². The van der Waals surface area contributed by atoms with E-state index in [1.807, 2.05) is 25.2 Å². The van der Waals surface area contributed by atoms with Crippen molar-refractivity contribution in [3.63, 3.8) is 0 Å². The Balaban J connectivity index is 2.50. The van der Waals surface area contributed by atoms with Gasteiger partial charge >= 0.3 is 0 Å². The fourth-order valence-corrected chi connectivity index (χ4v) is 1.91. The smallest absolute Gasteiger partial charge is 0.258 e. The SMILES string of the molecule is CNCc1cc(Br)ccc1OCC(=O)NCCOC. The minimum Gasteiger partial charge on any atom is -0.483 e. The van der Waals surface area contributed by atoms with Gasteiger partial charge in [-0.25, -0.2) is 0 Å². The zero-order valence-electron chi connectivity index (χ0n) is 11.2. The van der Waals surface area contributed by atoms with Crippen molar-refractivity contribution in [2.24, 2.45) is 0 Å². The van der Waals surface area contributed by atoms with E-state index in [-0.39, 0.29) is 12.5 Å². The number of ether oxygens (including phenoxy) is 2. The maximum atomic E-state index is 11.5. The van der Waals surface area contributed by atoms with Gasteiger partial charge in [0.1, 0.15) is 5.75 Å². The minimum atomic E-state index is -0.157. The fraction of sp³-hybridized carbons (Fsp3) is 0.462. The average molecular weight is 331 g/mol. The number of rotatable bonds is 8. The van der Waals surface area contributed by atoms with Crippen LogP contribution < -0.4 is 15.4 Å². The highest BCUT2D eigenvalue weighted by Crippen LogP contribution is 2.23. The molecule has 0 radical (unpaired) electrons. The quantitative estimate of drug-likeness (QED) is 0.705. The molecule has 1 rings (SSSR count). The highest BCUT2D eigenvalue weighted by atomic mass is 79.9. The molecular formula is C13H19BrN2O3. The van der Waals surface area contributed by atoms with E-state index >= 15 is 0 Å². The van der Waals surface area contributed by atoms with Crippen molar-refractivity contribution in [3.8, 4) is 5.75 Å². The molecule has 6 heteroatoms. The van der Waals surface area contributed by atoms with Gasteiger partial charge in [0, 0.05) is 30.2 Å². The average Bonchev–Trinajstić information content (AvgIpc) is 2.38. The number of halogens is 1. The summed E-state index contributed by atoms with van der Waals surface area (Å²) in [5, 5.41) is 5.77. The van der Waals surface area contributed by atoms with Crippen LogP contribution in [0.5, 0.6) is 5.75 Å². The summed E-state index contributed by atoms with van der Waals surface area (Å²) in [7, 11) is 3.46. The first-order chi connectivity index (χ1) is 9.17. The van der Waals surface area contributed by atoms with Crippen molar-refractivity contribution < 1.29 is 14.3 Å². The van der Waals surface area contributed by atoms with Gasteiger partial charge in [-0.15, -0.1) is 0 Å². The molecule has 5 nitrogen and oxygen atoms in total. The monoisotopic (exact) mass is 330 g/mol. The van der Waals surface area contributed by atoms with Crippen LogP contribution in [0.4, 0.5) is 0 Å². The van der Waals surface area contributed by atoms with Gasteiger partial charge in [-0.2, -0.15) is 0 Å². The van der Waals surface area contributed by atoms with Gasteiger partial charge in [0.05, 0.1) is 6.61 Å². The van der Waals surface area contributed by atoms with Crippen LogP contribution in [0.2, 0.25) is 0 Å². The van der Waals surface area contributed by atoms with Crippen molar-refractivity contribution in [2.45, 2.75) is 6.54 Å². The summed E-state index contributed by atoms with van der Waals surface area (Å²) >= 11 is 3.41. The van der Waals surface area contributed by atoms with Gasteiger partial charge in [0.2, 0.25) is 0 Å². The van der Waals surface area contributed by atoms with Gasteiger partial charge in [0.25, 0.3) is 5.91 Å². The normalized spacial score (nSPS) is 10.3. The molecule has 1 amide bonds. The summed E-state index contributed by atoms with van der Waals surface area (Å²) in [6.45, 7) is 1.67. The van der Waals surface area contributed by atoms with Crippen molar-refractivity contribution in [1.29, 1.82) is 0 Å². The van der Waals surface area contributed by atoms with Crippen molar-refractivity contribution in [2.75, 3.05) is 33.9 Å². The predicted octanol–water partition coefficient (Wildman–Crippen LogP) is 1.31. The molecule has 1 aromatic rings. The number of amides is 1. The van der Waals surface area contributed by atoms with Crippen LogP contribution in [-0.4, -0.2) is 39.8 Å². The summed E-state index contributed by atoms with van der Waals surface area (Å²) in [6.07, 6.45) is 0. The minimum absolute atomic E-state index is 0.00204. The number of carbonyl (C=O) groups excluding carboxylic acids is 1. The summed E-state index contributed by atoms with van der Waals surface area (Å²) in [5.41, 5.74) is 1.00. The van der Waals surface area contributed by atoms with E-state index in [0.717, 1.165) is 10.0 Å². The number of benzene rings is 1. The largest absolute Gasteiger partial charge is 0.483 e. The van der Waals surface area contributed by atoms with E-state index < -0.39 is 0 Å². The Morgan fingerprint density at radius 2 is 2.21 bits per heavy atom. The molecule has 19 heavy (non-hydrogen) atoms. The summed E-state index contributed by atoms with van der Waals surface area (Å²) in [6, 6.07) is 5.70. The molecule has 0 aliphatic rings. The van der Waals surface area contributed by atoms with E-state index in [9.17, 15) is 4.79 Å². The van der Waals surface area contributed by atoms with Crippen molar-refractivity contribution >= 4 is 21.8 Å². The molecule has 0 heterocycles. The van der Waals surface area contributed by atoms with Crippen LogP contribution in [0.1, 0.15) is 5.56 Å². The maximum absolute atomic E-state index is 11.5. The Labute approximate surface area is 121 Å². The van der Waals surface area contributed by atoms with Crippen molar-refractivity contribution in [1.82, 2.24) is 10.6 Å². The Hall–Kier alpha value is -1.11. The second kappa shape index (κ2) is 8.90. The molecule has 0 atom stereocenters. The van der Waals surface area contributed by atoms with Crippen molar-refractivity contribution in [3.05, 3.63) is 28.2 Å². The molecule has 0 aromatic heterocycles. The lowest BCUT2D eigenvalue weighted by Crippen LogP contribution is -2.31. The van der Waals surface area contributed by atoms with Gasteiger partial charge in [-0.05, 0) is 25.2 Å². The van der Waals surface area contributed by atoms with Crippen LogP contribution >= 0.6 is 15.9 Å². The van der Waals surface area contributed by atoms with Crippen LogP contribution in [0, 0.1) is 0 Å². The molecule has 0 saturated carbocycles. The molecule has 0 fully saturated rings. The molecule has 0 bridgehead atoms. The maximum Gasteiger partial charge on any atom is 0.258 e. The van der Waals surface area contributed by atoms with Crippen LogP contribution in [0.3, 0.4) is 0 Å². The third-order valence-corrected chi connectivity index (χ3v) is 2.87. The Kier molecular flexibility index (Phi) is 7.47. The number of methoxy groups -OCH3 is 1. The highest BCUT2D eigenvalue weighted by molar-refractivity contribution is 9.10. The summed E-state index contributed by atoms with van der Waals surface area (Å²) in [5.74, 6) is 0.551. The summed E-state index contributed by atoms with van der Waals surface area (Å²) in [4.78, 5) is 11.5. The van der Waals surface area contributed by atoms with Gasteiger partial charge in [0.15, 0.2) is 6.61 Å². The lowest BCUT2D eigenvalue weighted by molar-refractivity contribution is -0.123. The third-order valence-electron chi connectivity index (χ3n) is 2.38. The Morgan fingerprint density at radius 1 is 1.42 bits per heavy atom. The zero-order valence-corrected chi connectivity index (χ0v) is 12.7. The first-order valence-corrected chi connectivity index (χ1v) is 6.78. The molecule has 0 aliphatic carbocycles. The van der Waals surface area contributed by atoms with E-state index in [1.54, 1.807) is 7.11 Å². The Bertz CT molecular complexity index is 413. The third kappa shape index (κ3) is 6.04. The molecule has 106 valence electrons. The first kappa shape index (κ1) is 15.9. The number of carbonyl (C=O) groups is 1. The second-order valence-electron chi connectivity index (χ2n) is 3.91. The molecule has 0 saturated heterocycles. The van der Waals surface area contributed by atoms with Gasteiger partial charge < -0.3 is 20.1 Å². The lowest BCUT2D eigenvalue weighted by atomic mass is 10.2. The van der Waals surface area contributed by atoms with E-state index in [1.165, 1.54) is 0 Å². The second-order valence-corrected chi connectivity index (χ2v) is 4.83. The number of nitrogens with one attached hydrogen (secondary N) is 2. The molecule has 0 spiro atoms. The van der Waals surface area contributed by atoms with Crippen LogP contribution in [0.15, 0.2) is 22.7 Å². The predicted molar refractivity (Wildman–Crippen MR) is 77.3 cm³/mol. The van der Waals surface area contributed by atoms with Gasteiger partial charge in [-0.3, -0.25) is 4.79 Å². The molecular weight excluding hydrogens is 312 g/mol. The Morgan fingerprint density at radius 3 is 2.89 bits per heavy atom.